The smallest absolute Gasteiger partial charge is 0.0252 e. The first kappa shape index (κ1) is 11.7. The van der Waals surface area contributed by atoms with Gasteiger partial charge in [-0.3, -0.25) is 4.90 Å². The first-order valence-corrected chi connectivity index (χ1v) is 8.13. The molecule has 102 valence electrons. The van der Waals surface area contributed by atoms with Crippen LogP contribution >= 0.6 is 0 Å². The van der Waals surface area contributed by atoms with Gasteiger partial charge in [-0.15, -0.1) is 0 Å². The monoisotopic (exact) mass is 249 g/mol. The summed E-state index contributed by atoms with van der Waals surface area (Å²) in [4.78, 5) is 5.61. The molecule has 0 aromatic heterocycles. The Morgan fingerprint density at radius 2 is 1.78 bits per heavy atom. The lowest BCUT2D eigenvalue weighted by atomic mass is 9.91. The van der Waals surface area contributed by atoms with Crippen molar-refractivity contribution in [1.82, 2.24) is 15.1 Å². The van der Waals surface area contributed by atoms with E-state index in [0.717, 1.165) is 24.0 Å². The van der Waals surface area contributed by atoms with Gasteiger partial charge < -0.3 is 10.2 Å². The van der Waals surface area contributed by atoms with Crippen molar-refractivity contribution in [1.29, 1.82) is 0 Å². The highest BCUT2D eigenvalue weighted by Crippen LogP contribution is 2.36. The molecule has 0 spiro atoms. The van der Waals surface area contributed by atoms with Crippen LogP contribution in [-0.4, -0.2) is 60.6 Å². The molecule has 1 N–H and O–H groups in total. The third kappa shape index (κ3) is 1.91. The van der Waals surface area contributed by atoms with E-state index in [4.69, 9.17) is 0 Å². The second-order valence-electron chi connectivity index (χ2n) is 6.86. The molecule has 4 aliphatic rings. The van der Waals surface area contributed by atoms with Gasteiger partial charge in [0, 0.05) is 24.7 Å². The lowest BCUT2D eigenvalue weighted by molar-refractivity contribution is 0.0768. The number of fused-ring (bicyclic) bond motifs is 2. The molecule has 0 aliphatic carbocycles. The molecule has 18 heavy (non-hydrogen) atoms. The fourth-order valence-electron chi connectivity index (χ4n) is 5.07. The summed E-state index contributed by atoms with van der Waals surface area (Å²) in [7, 11) is 0. The van der Waals surface area contributed by atoms with Crippen LogP contribution in [-0.2, 0) is 0 Å². The molecule has 5 atom stereocenters. The molecule has 4 heterocycles. The van der Waals surface area contributed by atoms with Crippen LogP contribution in [0.3, 0.4) is 0 Å². The average molecular weight is 249 g/mol. The van der Waals surface area contributed by atoms with Gasteiger partial charge in [-0.05, 0) is 70.6 Å². The Kier molecular flexibility index (Phi) is 3.10. The van der Waals surface area contributed by atoms with Gasteiger partial charge in [0.1, 0.15) is 0 Å². The molecule has 4 fully saturated rings. The topological polar surface area (TPSA) is 18.5 Å². The standard InChI is InChI=1S/C15H27N3/c1-3-13(16-7-1)15-4-2-8-18(15)14-6-10-17-9-5-12(14)11-17/h12-16H,1-11H2. The van der Waals surface area contributed by atoms with Crippen LogP contribution in [0.5, 0.6) is 0 Å². The molecule has 4 aliphatic heterocycles. The van der Waals surface area contributed by atoms with Crippen molar-refractivity contribution >= 4 is 0 Å². The summed E-state index contributed by atoms with van der Waals surface area (Å²) < 4.78 is 0. The van der Waals surface area contributed by atoms with E-state index in [0.29, 0.717) is 0 Å². The minimum absolute atomic E-state index is 0.812. The fourth-order valence-corrected chi connectivity index (χ4v) is 5.07. The van der Waals surface area contributed by atoms with Gasteiger partial charge in [0.25, 0.3) is 0 Å². The summed E-state index contributed by atoms with van der Waals surface area (Å²) in [6, 6.07) is 2.59. The summed E-state index contributed by atoms with van der Waals surface area (Å²) in [6.45, 7) is 6.77. The number of nitrogens with zero attached hydrogens (tertiary/aromatic N) is 2. The molecule has 5 unspecified atom stereocenters. The van der Waals surface area contributed by atoms with Crippen LogP contribution in [0.1, 0.15) is 38.5 Å². The Morgan fingerprint density at radius 3 is 2.67 bits per heavy atom. The van der Waals surface area contributed by atoms with Crippen LogP contribution in [0.2, 0.25) is 0 Å². The molecule has 2 bridgehead atoms. The first-order valence-electron chi connectivity index (χ1n) is 8.13. The van der Waals surface area contributed by atoms with Gasteiger partial charge in [-0.1, -0.05) is 0 Å². The largest absolute Gasteiger partial charge is 0.312 e. The zero-order valence-electron chi connectivity index (χ0n) is 11.5. The van der Waals surface area contributed by atoms with E-state index in [9.17, 15) is 0 Å². The molecule has 0 aromatic carbocycles. The van der Waals surface area contributed by atoms with Crippen LogP contribution in [0.15, 0.2) is 0 Å². The van der Waals surface area contributed by atoms with Crippen LogP contribution in [0, 0.1) is 5.92 Å². The second-order valence-corrected chi connectivity index (χ2v) is 6.86. The molecule has 0 aromatic rings. The first-order chi connectivity index (χ1) is 8.92. The van der Waals surface area contributed by atoms with E-state index < -0.39 is 0 Å². The molecule has 0 radical (unpaired) electrons. The zero-order chi connectivity index (χ0) is 11.9. The van der Waals surface area contributed by atoms with Crippen LogP contribution in [0.25, 0.3) is 0 Å². The lowest BCUT2D eigenvalue weighted by Gasteiger charge is -2.41. The Bertz CT molecular complexity index is 300. The zero-order valence-corrected chi connectivity index (χ0v) is 11.5. The summed E-state index contributed by atoms with van der Waals surface area (Å²) in [5.74, 6) is 0.987. The Balaban J connectivity index is 1.48. The summed E-state index contributed by atoms with van der Waals surface area (Å²) in [5.41, 5.74) is 0. The van der Waals surface area contributed by atoms with Crippen LogP contribution in [0.4, 0.5) is 0 Å². The van der Waals surface area contributed by atoms with Crippen molar-refractivity contribution in [3.63, 3.8) is 0 Å². The summed E-state index contributed by atoms with van der Waals surface area (Å²) in [5, 5.41) is 3.76. The van der Waals surface area contributed by atoms with Crippen molar-refractivity contribution in [2.45, 2.75) is 56.7 Å². The highest BCUT2D eigenvalue weighted by atomic mass is 15.3. The lowest BCUT2D eigenvalue weighted by Crippen LogP contribution is -2.53. The minimum atomic E-state index is 0.812. The van der Waals surface area contributed by atoms with E-state index in [1.54, 1.807) is 0 Å². The molecule has 3 nitrogen and oxygen atoms in total. The van der Waals surface area contributed by atoms with Gasteiger partial charge in [0.2, 0.25) is 0 Å². The van der Waals surface area contributed by atoms with Crippen molar-refractivity contribution < 1.29 is 0 Å². The van der Waals surface area contributed by atoms with Crippen molar-refractivity contribution in [3.8, 4) is 0 Å². The maximum absolute atomic E-state index is 3.76. The van der Waals surface area contributed by atoms with Crippen molar-refractivity contribution in [2.75, 3.05) is 32.7 Å². The van der Waals surface area contributed by atoms with Crippen molar-refractivity contribution in [2.24, 2.45) is 5.92 Å². The Morgan fingerprint density at radius 1 is 0.833 bits per heavy atom. The number of nitrogens with one attached hydrogen (secondary N) is 1. The molecule has 0 saturated carbocycles. The van der Waals surface area contributed by atoms with Crippen molar-refractivity contribution in [3.05, 3.63) is 0 Å². The molecule has 0 amide bonds. The molecule has 3 heteroatoms. The maximum Gasteiger partial charge on any atom is 0.0252 e. The molecular formula is C15H27N3. The van der Waals surface area contributed by atoms with E-state index in [1.165, 1.54) is 71.2 Å². The summed E-state index contributed by atoms with van der Waals surface area (Å²) in [6.07, 6.45) is 8.61. The fraction of sp³-hybridized carbons (Fsp3) is 1.00. The van der Waals surface area contributed by atoms with Gasteiger partial charge >= 0.3 is 0 Å². The van der Waals surface area contributed by atoms with Gasteiger partial charge in [-0.2, -0.15) is 0 Å². The molecular weight excluding hydrogens is 222 g/mol. The minimum Gasteiger partial charge on any atom is -0.312 e. The highest BCUT2D eigenvalue weighted by molar-refractivity contribution is 4.99. The van der Waals surface area contributed by atoms with E-state index in [-0.39, 0.29) is 0 Å². The number of rotatable bonds is 2. The van der Waals surface area contributed by atoms with E-state index in [2.05, 4.69) is 15.1 Å². The predicted octanol–water partition coefficient (Wildman–Crippen LogP) is 1.30. The van der Waals surface area contributed by atoms with Crippen LogP contribution < -0.4 is 5.32 Å². The maximum atomic E-state index is 3.76. The van der Waals surface area contributed by atoms with Gasteiger partial charge in [0.05, 0.1) is 0 Å². The quantitative estimate of drug-likeness (QED) is 0.796. The third-order valence-corrected chi connectivity index (χ3v) is 5.93. The van der Waals surface area contributed by atoms with Gasteiger partial charge in [0.15, 0.2) is 0 Å². The number of hydrogen-bond donors (Lipinski definition) is 1. The highest BCUT2D eigenvalue weighted by Gasteiger charge is 2.43. The molecule has 4 rings (SSSR count). The number of piperidine rings is 1. The number of likely N-dealkylation sites (tertiary alicyclic amines) is 1. The molecule has 4 saturated heterocycles. The SMILES string of the molecule is C1CNC(C2CCCN2C2CCN3CCC2C3)C1. The summed E-state index contributed by atoms with van der Waals surface area (Å²) >= 11 is 0. The predicted molar refractivity (Wildman–Crippen MR) is 73.7 cm³/mol. The third-order valence-electron chi connectivity index (χ3n) is 5.93. The van der Waals surface area contributed by atoms with E-state index >= 15 is 0 Å². The van der Waals surface area contributed by atoms with E-state index in [1.807, 2.05) is 0 Å². The average Bonchev–Trinajstić information content (AvgIpc) is 3.10. The second kappa shape index (κ2) is 4.77. The Hall–Kier alpha value is -0.120. The normalized spacial score (nSPS) is 49.0. The Labute approximate surface area is 111 Å². The number of hydrogen-bond acceptors (Lipinski definition) is 3. The van der Waals surface area contributed by atoms with Gasteiger partial charge in [-0.25, -0.2) is 0 Å².